The standard InChI is InChI=1S/C10H20Si/c1-7-8-9-11(5,6)10(2,3)4/h1H,8-9H2,2-6H3. The van der Waals surface area contributed by atoms with Gasteiger partial charge in [-0.05, 0) is 11.1 Å². The van der Waals surface area contributed by atoms with Crippen LogP contribution < -0.4 is 0 Å². The summed E-state index contributed by atoms with van der Waals surface area (Å²) in [5.74, 6) is 2.73. The van der Waals surface area contributed by atoms with Gasteiger partial charge in [0.2, 0.25) is 0 Å². The Balaban J connectivity index is 4.13. The van der Waals surface area contributed by atoms with Crippen molar-refractivity contribution in [2.45, 2.75) is 51.4 Å². The number of hydrogen-bond donors (Lipinski definition) is 0. The van der Waals surface area contributed by atoms with Crippen molar-refractivity contribution in [2.75, 3.05) is 0 Å². The zero-order chi connectivity index (χ0) is 9.12. The first kappa shape index (κ1) is 10.8. The summed E-state index contributed by atoms with van der Waals surface area (Å²) in [6, 6.07) is 1.26. The fourth-order valence-corrected chi connectivity index (χ4v) is 2.28. The van der Waals surface area contributed by atoms with Gasteiger partial charge < -0.3 is 0 Å². The van der Waals surface area contributed by atoms with Gasteiger partial charge in [-0.3, -0.25) is 0 Å². The smallest absolute Gasteiger partial charge is 0.0537 e. The molecule has 0 aromatic rings. The van der Waals surface area contributed by atoms with Crippen molar-refractivity contribution in [1.29, 1.82) is 0 Å². The molecule has 1 heteroatoms. The third kappa shape index (κ3) is 3.12. The van der Waals surface area contributed by atoms with Crippen LogP contribution in [0.5, 0.6) is 0 Å². The lowest BCUT2D eigenvalue weighted by molar-refractivity contribution is 0.713. The summed E-state index contributed by atoms with van der Waals surface area (Å²) >= 11 is 0. The zero-order valence-corrected chi connectivity index (χ0v) is 9.49. The van der Waals surface area contributed by atoms with E-state index in [9.17, 15) is 0 Å². The van der Waals surface area contributed by atoms with E-state index < -0.39 is 8.07 Å². The second kappa shape index (κ2) is 3.45. The van der Waals surface area contributed by atoms with Gasteiger partial charge in [-0.2, -0.15) is 0 Å². The van der Waals surface area contributed by atoms with Crippen molar-refractivity contribution in [3.05, 3.63) is 0 Å². The highest BCUT2D eigenvalue weighted by molar-refractivity contribution is 6.80. The molecule has 0 spiro atoms. The fourth-order valence-electron chi connectivity index (χ4n) is 0.760. The highest BCUT2D eigenvalue weighted by Gasteiger charge is 2.33. The van der Waals surface area contributed by atoms with E-state index in [0.717, 1.165) is 6.42 Å². The van der Waals surface area contributed by atoms with Crippen LogP contribution in [0.2, 0.25) is 24.2 Å². The lowest BCUT2D eigenvalue weighted by atomic mass is 10.2. The molecule has 0 nitrogen and oxygen atoms in total. The first-order chi connectivity index (χ1) is 4.81. The molecule has 64 valence electrons. The summed E-state index contributed by atoms with van der Waals surface area (Å²) in [6.07, 6.45) is 6.21. The zero-order valence-electron chi connectivity index (χ0n) is 8.49. The average molecular weight is 168 g/mol. The van der Waals surface area contributed by atoms with E-state index in [2.05, 4.69) is 39.8 Å². The van der Waals surface area contributed by atoms with Crippen molar-refractivity contribution in [2.24, 2.45) is 0 Å². The molecular formula is C10H20Si. The molecule has 0 radical (unpaired) electrons. The quantitative estimate of drug-likeness (QED) is 0.437. The Morgan fingerprint density at radius 1 is 1.27 bits per heavy atom. The third-order valence-corrected chi connectivity index (χ3v) is 8.49. The normalized spacial score (nSPS) is 12.7. The van der Waals surface area contributed by atoms with Crippen LogP contribution in [0.4, 0.5) is 0 Å². The van der Waals surface area contributed by atoms with E-state index >= 15 is 0 Å². The average Bonchev–Trinajstić information content (AvgIpc) is 1.81. The molecule has 0 bridgehead atoms. The molecule has 0 atom stereocenters. The first-order valence-electron chi connectivity index (χ1n) is 4.25. The van der Waals surface area contributed by atoms with Gasteiger partial charge in [0.05, 0.1) is 8.07 Å². The van der Waals surface area contributed by atoms with E-state index in [1.54, 1.807) is 0 Å². The van der Waals surface area contributed by atoms with Crippen LogP contribution in [0, 0.1) is 12.3 Å². The number of hydrogen-bond acceptors (Lipinski definition) is 0. The van der Waals surface area contributed by atoms with E-state index in [1.165, 1.54) is 6.04 Å². The molecule has 0 heterocycles. The van der Waals surface area contributed by atoms with Crippen molar-refractivity contribution in [3.63, 3.8) is 0 Å². The summed E-state index contributed by atoms with van der Waals surface area (Å²) in [4.78, 5) is 0. The minimum Gasteiger partial charge on any atom is -0.120 e. The first-order valence-corrected chi connectivity index (χ1v) is 7.45. The Labute approximate surface area is 72.4 Å². The van der Waals surface area contributed by atoms with Gasteiger partial charge in [0, 0.05) is 6.42 Å². The van der Waals surface area contributed by atoms with Crippen LogP contribution in [0.15, 0.2) is 0 Å². The van der Waals surface area contributed by atoms with Crippen LogP contribution in [-0.2, 0) is 0 Å². The molecule has 0 fully saturated rings. The van der Waals surface area contributed by atoms with Crippen LogP contribution in [-0.4, -0.2) is 8.07 Å². The van der Waals surface area contributed by atoms with Crippen molar-refractivity contribution < 1.29 is 0 Å². The SMILES string of the molecule is C#CCC[Si](C)(C)C(C)(C)C. The molecule has 0 aliphatic heterocycles. The van der Waals surface area contributed by atoms with Gasteiger partial charge in [-0.15, -0.1) is 12.3 Å². The van der Waals surface area contributed by atoms with Crippen molar-refractivity contribution >= 4 is 8.07 Å². The molecular weight excluding hydrogens is 148 g/mol. The molecule has 0 aliphatic rings. The molecule has 0 aliphatic carbocycles. The van der Waals surface area contributed by atoms with Gasteiger partial charge in [-0.1, -0.05) is 33.9 Å². The van der Waals surface area contributed by atoms with Crippen LogP contribution in [0.25, 0.3) is 0 Å². The Kier molecular flexibility index (Phi) is 3.38. The van der Waals surface area contributed by atoms with E-state index in [1.807, 2.05) is 0 Å². The van der Waals surface area contributed by atoms with Crippen molar-refractivity contribution in [3.8, 4) is 12.3 Å². The van der Waals surface area contributed by atoms with E-state index in [0.29, 0.717) is 5.04 Å². The van der Waals surface area contributed by atoms with Crippen LogP contribution in [0.1, 0.15) is 27.2 Å². The summed E-state index contributed by atoms with van der Waals surface area (Å²) in [6.45, 7) is 11.8. The molecule has 0 amide bonds. The Morgan fingerprint density at radius 3 is 2.00 bits per heavy atom. The molecule has 0 saturated carbocycles. The summed E-state index contributed by atoms with van der Waals surface area (Å²) < 4.78 is 0. The Bertz CT molecular complexity index is 155. The highest BCUT2D eigenvalue weighted by atomic mass is 28.3. The van der Waals surface area contributed by atoms with E-state index in [-0.39, 0.29) is 0 Å². The molecule has 0 unspecified atom stereocenters. The number of terminal acetylenes is 1. The molecule has 0 N–H and O–H groups in total. The fraction of sp³-hybridized carbons (Fsp3) is 0.800. The van der Waals surface area contributed by atoms with Gasteiger partial charge in [0.25, 0.3) is 0 Å². The minimum atomic E-state index is -1.07. The summed E-state index contributed by atoms with van der Waals surface area (Å²) in [5, 5.41) is 0.490. The lowest BCUT2D eigenvalue weighted by Gasteiger charge is -2.36. The summed E-state index contributed by atoms with van der Waals surface area (Å²) in [5.41, 5.74) is 0. The Morgan fingerprint density at radius 2 is 1.73 bits per heavy atom. The molecule has 0 rings (SSSR count). The van der Waals surface area contributed by atoms with Gasteiger partial charge in [0.15, 0.2) is 0 Å². The number of rotatable bonds is 2. The predicted octanol–water partition coefficient (Wildman–Crippen LogP) is 3.52. The van der Waals surface area contributed by atoms with E-state index in [4.69, 9.17) is 6.42 Å². The van der Waals surface area contributed by atoms with Crippen molar-refractivity contribution in [1.82, 2.24) is 0 Å². The van der Waals surface area contributed by atoms with Gasteiger partial charge in [-0.25, -0.2) is 0 Å². The second-order valence-corrected chi connectivity index (χ2v) is 10.6. The summed E-state index contributed by atoms with van der Waals surface area (Å²) in [7, 11) is -1.07. The predicted molar refractivity (Wildman–Crippen MR) is 55.5 cm³/mol. The molecule has 0 aromatic heterocycles. The van der Waals surface area contributed by atoms with Gasteiger partial charge in [0.1, 0.15) is 0 Å². The van der Waals surface area contributed by atoms with Gasteiger partial charge >= 0.3 is 0 Å². The Hall–Kier alpha value is -0.223. The minimum absolute atomic E-state index is 0.490. The van der Waals surface area contributed by atoms with Crippen LogP contribution >= 0.6 is 0 Å². The molecule has 0 aromatic carbocycles. The monoisotopic (exact) mass is 168 g/mol. The highest BCUT2D eigenvalue weighted by Crippen LogP contribution is 2.38. The maximum atomic E-state index is 5.25. The lowest BCUT2D eigenvalue weighted by Crippen LogP contribution is -2.36. The maximum Gasteiger partial charge on any atom is 0.0537 e. The third-order valence-electron chi connectivity index (χ3n) is 2.92. The largest absolute Gasteiger partial charge is 0.120 e. The van der Waals surface area contributed by atoms with Crippen LogP contribution in [0.3, 0.4) is 0 Å². The molecule has 0 saturated heterocycles. The second-order valence-electron chi connectivity index (χ2n) is 4.84. The molecule has 11 heavy (non-hydrogen) atoms. The topological polar surface area (TPSA) is 0 Å². The maximum absolute atomic E-state index is 5.25.